The van der Waals surface area contributed by atoms with E-state index in [1.807, 2.05) is 0 Å². The minimum Gasteiger partial charge on any atom is -0.328 e. The first-order valence-corrected chi connectivity index (χ1v) is 7.53. The van der Waals surface area contributed by atoms with Crippen LogP contribution in [0.1, 0.15) is 44.0 Å². The van der Waals surface area contributed by atoms with E-state index < -0.39 is 0 Å². The van der Waals surface area contributed by atoms with Gasteiger partial charge in [-0.05, 0) is 57.0 Å². The van der Waals surface area contributed by atoms with Crippen molar-refractivity contribution in [3.63, 3.8) is 0 Å². The van der Waals surface area contributed by atoms with E-state index in [2.05, 4.69) is 41.9 Å². The zero-order valence-electron chi connectivity index (χ0n) is 11.9. The summed E-state index contributed by atoms with van der Waals surface area (Å²) in [4.78, 5) is 4.95. The second-order valence-corrected chi connectivity index (χ2v) is 5.42. The number of nitrogens with zero attached hydrogens (tertiary/aromatic N) is 2. The maximum Gasteiger partial charge on any atom is 0.113 e. The van der Waals surface area contributed by atoms with Gasteiger partial charge < -0.3 is 9.88 Å². The number of hydrogen-bond acceptors (Lipinski definition) is 2. The molecule has 3 nitrogen and oxygen atoms in total. The Labute approximate surface area is 115 Å². The van der Waals surface area contributed by atoms with Gasteiger partial charge in [-0.1, -0.05) is 13.0 Å². The van der Waals surface area contributed by atoms with Crippen LogP contribution in [0.5, 0.6) is 0 Å². The molecule has 3 heteroatoms. The van der Waals surface area contributed by atoms with E-state index in [0.29, 0.717) is 5.92 Å². The molecule has 0 amide bonds. The minimum atomic E-state index is 0.624. The van der Waals surface area contributed by atoms with Crippen molar-refractivity contribution < 1.29 is 0 Å². The lowest BCUT2D eigenvalue weighted by atomic mass is 9.97. The molecule has 1 saturated heterocycles. The van der Waals surface area contributed by atoms with E-state index in [1.165, 1.54) is 35.3 Å². The molecule has 3 rings (SSSR count). The highest BCUT2D eigenvalue weighted by atomic mass is 15.1. The fourth-order valence-electron chi connectivity index (χ4n) is 3.14. The molecule has 1 aliphatic rings. The number of nitrogens with one attached hydrogen (secondary N) is 1. The summed E-state index contributed by atoms with van der Waals surface area (Å²) < 4.78 is 2.41. The molecule has 2 heterocycles. The van der Waals surface area contributed by atoms with E-state index in [9.17, 15) is 0 Å². The summed E-state index contributed by atoms with van der Waals surface area (Å²) in [5.41, 5.74) is 3.85. The highest BCUT2D eigenvalue weighted by Crippen LogP contribution is 2.28. The van der Waals surface area contributed by atoms with E-state index in [0.717, 1.165) is 26.1 Å². The van der Waals surface area contributed by atoms with Crippen molar-refractivity contribution >= 4 is 11.0 Å². The summed E-state index contributed by atoms with van der Waals surface area (Å²) in [6.45, 7) is 7.68. The van der Waals surface area contributed by atoms with Crippen LogP contribution in [0, 0.1) is 0 Å². The Hall–Kier alpha value is -1.35. The van der Waals surface area contributed by atoms with Gasteiger partial charge in [0.25, 0.3) is 0 Å². The number of rotatable bonds is 3. The predicted octanol–water partition coefficient (Wildman–Crippen LogP) is 3.09. The number of imidazole rings is 1. The Morgan fingerprint density at radius 1 is 1.26 bits per heavy atom. The van der Waals surface area contributed by atoms with Gasteiger partial charge in [0.05, 0.1) is 11.0 Å². The number of hydrogen-bond donors (Lipinski definition) is 1. The maximum absolute atomic E-state index is 4.95. The van der Waals surface area contributed by atoms with Crippen LogP contribution in [0.25, 0.3) is 11.0 Å². The number of aryl methyl sites for hydroxylation is 2. The second-order valence-electron chi connectivity index (χ2n) is 5.42. The van der Waals surface area contributed by atoms with Crippen molar-refractivity contribution in [2.45, 2.75) is 45.6 Å². The van der Waals surface area contributed by atoms with Crippen molar-refractivity contribution in [2.75, 3.05) is 13.1 Å². The first kappa shape index (κ1) is 12.7. The van der Waals surface area contributed by atoms with Crippen molar-refractivity contribution in [2.24, 2.45) is 0 Å². The molecule has 1 aromatic carbocycles. The van der Waals surface area contributed by atoms with Gasteiger partial charge >= 0.3 is 0 Å². The monoisotopic (exact) mass is 257 g/mol. The molecule has 1 N–H and O–H groups in total. The average Bonchev–Trinajstić information content (AvgIpc) is 2.85. The Morgan fingerprint density at radius 3 is 2.74 bits per heavy atom. The Bertz CT molecular complexity index is 565. The van der Waals surface area contributed by atoms with Crippen LogP contribution in [0.15, 0.2) is 18.2 Å². The van der Waals surface area contributed by atoms with Crippen molar-refractivity contribution in [3.05, 3.63) is 29.6 Å². The predicted molar refractivity (Wildman–Crippen MR) is 79.6 cm³/mol. The van der Waals surface area contributed by atoms with E-state index in [1.54, 1.807) is 0 Å². The van der Waals surface area contributed by atoms with Crippen LogP contribution in [0.2, 0.25) is 0 Å². The summed E-state index contributed by atoms with van der Waals surface area (Å²) in [6, 6.07) is 6.74. The lowest BCUT2D eigenvalue weighted by molar-refractivity contribution is 0.434. The summed E-state index contributed by atoms with van der Waals surface area (Å²) >= 11 is 0. The molecule has 0 atom stereocenters. The molecule has 1 aliphatic heterocycles. The molecule has 19 heavy (non-hydrogen) atoms. The SMILES string of the molecule is CCc1ccc2c(c1)nc(C1CCNCC1)n2CC. The fourth-order valence-corrected chi connectivity index (χ4v) is 3.14. The van der Waals surface area contributed by atoms with Crippen LogP contribution in [-0.4, -0.2) is 22.6 Å². The van der Waals surface area contributed by atoms with Gasteiger partial charge in [-0.25, -0.2) is 4.98 Å². The molecule has 0 unspecified atom stereocenters. The highest BCUT2D eigenvalue weighted by molar-refractivity contribution is 5.77. The number of piperidine rings is 1. The third-order valence-electron chi connectivity index (χ3n) is 4.27. The molecular weight excluding hydrogens is 234 g/mol. The lowest BCUT2D eigenvalue weighted by Gasteiger charge is -2.22. The van der Waals surface area contributed by atoms with Crippen molar-refractivity contribution in [1.82, 2.24) is 14.9 Å². The van der Waals surface area contributed by atoms with Crippen LogP contribution in [0.4, 0.5) is 0 Å². The first-order chi connectivity index (χ1) is 9.33. The molecular formula is C16H23N3. The van der Waals surface area contributed by atoms with Crippen molar-refractivity contribution in [1.29, 1.82) is 0 Å². The van der Waals surface area contributed by atoms with E-state index >= 15 is 0 Å². The normalized spacial score (nSPS) is 17.2. The van der Waals surface area contributed by atoms with Gasteiger partial charge in [0.1, 0.15) is 5.82 Å². The molecule has 102 valence electrons. The van der Waals surface area contributed by atoms with Gasteiger partial charge in [0, 0.05) is 12.5 Å². The molecule has 2 aromatic rings. The largest absolute Gasteiger partial charge is 0.328 e. The minimum absolute atomic E-state index is 0.624. The van der Waals surface area contributed by atoms with Crippen molar-refractivity contribution in [3.8, 4) is 0 Å². The smallest absolute Gasteiger partial charge is 0.113 e. The number of benzene rings is 1. The topological polar surface area (TPSA) is 29.9 Å². The second kappa shape index (κ2) is 5.33. The molecule has 1 fully saturated rings. The molecule has 0 aliphatic carbocycles. The molecule has 1 aromatic heterocycles. The average molecular weight is 257 g/mol. The summed E-state index contributed by atoms with van der Waals surface area (Å²) in [7, 11) is 0. The van der Waals surface area contributed by atoms with Crippen LogP contribution >= 0.6 is 0 Å². The van der Waals surface area contributed by atoms with Gasteiger partial charge in [-0.3, -0.25) is 0 Å². The molecule has 0 spiro atoms. The first-order valence-electron chi connectivity index (χ1n) is 7.53. The third kappa shape index (κ3) is 2.27. The van der Waals surface area contributed by atoms with Crippen LogP contribution in [-0.2, 0) is 13.0 Å². The number of fused-ring (bicyclic) bond motifs is 1. The zero-order valence-corrected chi connectivity index (χ0v) is 11.9. The number of aromatic nitrogens is 2. The standard InChI is InChI=1S/C16H23N3/c1-3-12-5-6-15-14(11-12)18-16(19(15)4-2)13-7-9-17-10-8-13/h5-6,11,13,17H,3-4,7-10H2,1-2H3. The Kier molecular flexibility index (Phi) is 3.56. The van der Waals surface area contributed by atoms with Gasteiger partial charge in [-0.2, -0.15) is 0 Å². The van der Waals surface area contributed by atoms with Gasteiger partial charge in [-0.15, -0.1) is 0 Å². The summed E-state index contributed by atoms with van der Waals surface area (Å²) in [6.07, 6.45) is 3.51. The highest BCUT2D eigenvalue weighted by Gasteiger charge is 2.21. The molecule has 0 radical (unpaired) electrons. The lowest BCUT2D eigenvalue weighted by Crippen LogP contribution is -2.28. The van der Waals surface area contributed by atoms with E-state index in [4.69, 9.17) is 4.98 Å². The Morgan fingerprint density at radius 2 is 2.05 bits per heavy atom. The zero-order chi connectivity index (χ0) is 13.2. The molecule has 0 bridgehead atoms. The summed E-state index contributed by atoms with van der Waals surface area (Å²) in [5, 5.41) is 3.44. The van der Waals surface area contributed by atoms with Crippen LogP contribution < -0.4 is 5.32 Å². The maximum atomic E-state index is 4.95. The van der Waals surface area contributed by atoms with Crippen LogP contribution in [0.3, 0.4) is 0 Å². The fraction of sp³-hybridized carbons (Fsp3) is 0.562. The quantitative estimate of drug-likeness (QED) is 0.915. The van der Waals surface area contributed by atoms with E-state index in [-0.39, 0.29) is 0 Å². The van der Waals surface area contributed by atoms with Gasteiger partial charge in [0.15, 0.2) is 0 Å². The Balaban J connectivity index is 2.07. The summed E-state index contributed by atoms with van der Waals surface area (Å²) in [5.74, 6) is 1.92. The third-order valence-corrected chi connectivity index (χ3v) is 4.27. The van der Waals surface area contributed by atoms with Gasteiger partial charge in [0.2, 0.25) is 0 Å². The molecule has 0 saturated carbocycles.